The molecule has 2 N–H and O–H groups in total. The second-order valence-corrected chi connectivity index (χ2v) is 9.46. The molecule has 33 heavy (non-hydrogen) atoms. The van der Waals surface area contributed by atoms with Gasteiger partial charge in [0.1, 0.15) is 5.75 Å². The number of thiophene rings is 1. The Bertz CT molecular complexity index is 1160. The number of rotatable bonds is 7. The first-order valence-corrected chi connectivity index (χ1v) is 12.3. The molecule has 6 nitrogen and oxygen atoms in total. The van der Waals surface area contributed by atoms with E-state index in [0.29, 0.717) is 25.9 Å². The highest BCUT2D eigenvalue weighted by molar-refractivity contribution is 7.10. The molecule has 5 rings (SSSR count). The molecule has 0 aliphatic carbocycles. The van der Waals surface area contributed by atoms with Crippen LogP contribution in [-0.4, -0.2) is 25.0 Å². The molecule has 2 aromatic carbocycles. The Balaban J connectivity index is 1.06. The minimum atomic E-state index is -0.0135. The maximum Gasteiger partial charge on any atom is 0.224 e. The number of carbonyl (C=O) groups excluding carboxylic acids is 2. The van der Waals surface area contributed by atoms with Crippen molar-refractivity contribution < 1.29 is 14.3 Å². The van der Waals surface area contributed by atoms with Gasteiger partial charge in [-0.3, -0.25) is 9.59 Å². The summed E-state index contributed by atoms with van der Waals surface area (Å²) in [5, 5.41) is 8.02. The summed E-state index contributed by atoms with van der Waals surface area (Å²) in [6, 6.07) is 16.0. The third-order valence-electron chi connectivity index (χ3n) is 6.11. The third kappa shape index (κ3) is 5.20. The largest absolute Gasteiger partial charge is 0.494 e. The number of hydrogen-bond donors (Lipinski definition) is 2. The number of amides is 2. The van der Waals surface area contributed by atoms with Crippen LogP contribution in [0.2, 0.25) is 0 Å². The summed E-state index contributed by atoms with van der Waals surface area (Å²) in [5.74, 6) is 0.814. The van der Waals surface area contributed by atoms with Crippen molar-refractivity contribution in [3.63, 3.8) is 0 Å². The second-order valence-electron chi connectivity index (χ2n) is 8.45. The number of hydrogen-bond acceptors (Lipinski definition) is 5. The number of nitrogens with zero attached hydrogens (tertiary/aromatic N) is 1. The van der Waals surface area contributed by atoms with E-state index >= 15 is 0 Å². The van der Waals surface area contributed by atoms with Gasteiger partial charge in [-0.05, 0) is 84.3 Å². The molecule has 7 heteroatoms. The molecular weight excluding hydrogens is 434 g/mol. The Morgan fingerprint density at radius 2 is 1.94 bits per heavy atom. The minimum absolute atomic E-state index is 0.0135. The van der Waals surface area contributed by atoms with Crippen LogP contribution in [0, 0.1) is 0 Å². The van der Waals surface area contributed by atoms with E-state index in [-0.39, 0.29) is 11.8 Å². The molecule has 0 saturated carbocycles. The van der Waals surface area contributed by atoms with Gasteiger partial charge in [0.25, 0.3) is 0 Å². The van der Waals surface area contributed by atoms with Crippen LogP contribution < -0.4 is 20.3 Å². The monoisotopic (exact) mass is 461 g/mol. The number of ether oxygens (including phenoxy) is 1. The fraction of sp³-hybridized carbons (Fsp3) is 0.308. The zero-order valence-corrected chi connectivity index (χ0v) is 19.2. The summed E-state index contributed by atoms with van der Waals surface area (Å²) in [7, 11) is 0. The maximum absolute atomic E-state index is 12.3. The Morgan fingerprint density at radius 3 is 2.82 bits per heavy atom. The quantitative estimate of drug-likeness (QED) is 0.486. The van der Waals surface area contributed by atoms with E-state index in [1.165, 1.54) is 16.1 Å². The Kier molecular flexibility index (Phi) is 6.30. The smallest absolute Gasteiger partial charge is 0.224 e. The van der Waals surface area contributed by atoms with Crippen LogP contribution in [0.15, 0.2) is 53.9 Å². The number of aryl methyl sites for hydroxylation is 1. The van der Waals surface area contributed by atoms with E-state index in [1.807, 2.05) is 41.7 Å². The van der Waals surface area contributed by atoms with Gasteiger partial charge in [0.05, 0.1) is 6.61 Å². The molecule has 0 saturated heterocycles. The molecule has 3 aromatic rings. The lowest BCUT2D eigenvalue weighted by Crippen LogP contribution is -2.29. The van der Waals surface area contributed by atoms with Gasteiger partial charge in [-0.2, -0.15) is 0 Å². The summed E-state index contributed by atoms with van der Waals surface area (Å²) in [4.78, 5) is 27.7. The zero-order valence-electron chi connectivity index (χ0n) is 18.4. The van der Waals surface area contributed by atoms with Crippen molar-refractivity contribution in [1.29, 1.82) is 0 Å². The van der Waals surface area contributed by atoms with Crippen LogP contribution in [-0.2, 0) is 29.0 Å². The minimum Gasteiger partial charge on any atom is -0.494 e. The first kappa shape index (κ1) is 21.5. The molecular formula is C26H27N3O3S. The number of nitrogens with one attached hydrogen (secondary N) is 2. The molecule has 0 spiro atoms. The van der Waals surface area contributed by atoms with Crippen LogP contribution in [0.5, 0.6) is 5.75 Å². The highest BCUT2D eigenvalue weighted by Gasteiger charge is 2.18. The van der Waals surface area contributed by atoms with Crippen molar-refractivity contribution in [2.24, 2.45) is 0 Å². The number of benzene rings is 2. The lowest BCUT2D eigenvalue weighted by atomic mass is 10.0. The molecule has 0 unspecified atom stereocenters. The first-order valence-electron chi connectivity index (χ1n) is 11.4. The maximum atomic E-state index is 12.3. The van der Waals surface area contributed by atoms with Crippen molar-refractivity contribution in [3.05, 3.63) is 69.9 Å². The third-order valence-corrected chi connectivity index (χ3v) is 7.14. The summed E-state index contributed by atoms with van der Waals surface area (Å²) >= 11 is 1.85. The predicted octanol–water partition coefficient (Wildman–Crippen LogP) is 4.99. The van der Waals surface area contributed by atoms with E-state index in [2.05, 4.69) is 39.1 Å². The van der Waals surface area contributed by atoms with Gasteiger partial charge in [-0.1, -0.05) is 0 Å². The van der Waals surface area contributed by atoms with Crippen LogP contribution in [0.3, 0.4) is 0 Å². The van der Waals surface area contributed by atoms with E-state index in [1.54, 1.807) is 0 Å². The van der Waals surface area contributed by atoms with Gasteiger partial charge in [0.15, 0.2) is 0 Å². The van der Waals surface area contributed by atoms with Gasteiger partial charge < -0.3 is 20.3 Å². The average Bonchev–Trinajstić information content (AvgIpc) is 3.30. The molecule has 0 atom stereocenters. The molecule has 1 aromatic heterocycles. The molecule has 2 aliphatic rings. The fourth-order valence-electron chi connectivity index (χ4n) is 4.32. The van der Waals surface area contributed by atoms with Gasteiger partial charge in [-0.25, -0.2) is 0 Å². The SMILES string of the molecule is O=C(CCCOc1ccc2c(c1)CCC(=O)N2)Nc1ccc(N2CCc3sccc3C2)cc1. The van der Waals surface area contributed by atoms with Crippen molar-refractivity contribution in [1.82, 2.24) is 0 Å². The normalized spacial score (nSPS) is 14.8. The van der Waals surface area contributed by atoms with Crippen LogP contribution >= 0.6 is 11.3 Å². The summed E-state index contributed by atoms with van der Waals surface area (Å²) in [5.41, 5.74) is 5.37. The van der Waals surface area contributed by atoms with E-state index < -0.39 is 0 Å². The molecule has 170 valence electrons. The van der Waals surface area contributed by atoms with Crippen molar-refractivity contribution in [3.8, 4) is 5.75 Å². The Hall–Kier alpha value is -3.32. The van der Waals surface area contributed by atoms with E-state index in [4.69, 9.17) is 4.74 Å². The van der Waals surface area contributed by atoms with Crippen LogP contribution in [0.25, 0.3) is 0 Å². The van der Waals surface area contributed by atoms with Crippen molar-refractivity contribution >= 4 is 40.2 Å². The number of fused-ring (bicyclic) bond motifs is 2. The predicted molar refractivity (Wildman–Crippen MR) is 132 cm³/mol. The molecule has 2 aliphatic heterocycles. The molecule has 3 heterocycles. The fourth-order valence-corrected chi connectivity index (χ4v) is 5.21. The summed E-state index contributed by atoms with van der Waals surface area (Å²) < 4.78 is 5.80. The van der Waals surface area contributed by atoms with Crippen molar-refractivity contribution in [2.45, 2.75) is 38.6 Å². The highest BCUT2D eigenvalue weighted by Crippen LogP contribution is 2.29. The Labute approximate surface area is 197 Å². The average molecular weight is 462 g/mol. The molecule has 2 amide bonds. The van der Waals surface area contributed by atoms with Gasteiger partial charge >= 0.3 is 0 Å². The second kappa shape index (κ2) is 9.67. The molecule has 0 fully saturated rings. The van der Waals surface area contributed by atoms with Gasteiger partial charge in [0.2, 0.25) is 11.8 Å². The van der Waals surface area contributed by atoms with Crippen LogP contribution in [0.1, 0.15) is 35.3 Å². The molecule has 0 bridgehead atoms. The number of carbonyl (C=O) groups is 2. The lowest BCUT2D eigenvalue weighted by molar-refractivity contribution is -0.117. The zero-order chi connectivity index (χ0) is 22.6. The van der Waals surface area contributed by atoms with E-state index in [9.17, 15) is 9.59 Å². The Morgan fingerprint density at radius 1 is 1.06 bits per heavy atom. The van der Waals surface area contributed by atoms with Gasteiger partial charge in [0, 0.05) is 47.9 Å². The summed E-state index contributed by atoms with van der Waals surface area (Å²) in [6.45, 7) is 2.44. The number of anilines is 3. The molecule has 0 radical (unpaired) electrons. The highest BCUT2D eigenvalue weighted by atomic mass is 32.1. The van der Waals surface area contributed by atoms with E-state index in [0.717, 1.165) is 48.6 Å². The van der Waals surface area contributed by atoms with Gasteiger partial charge in [-0.15, -0.1) is 11.3 Å². The van der Waals surface area contributed by atoms with Crippen LogP contribution in [0.4, 0.5) is 17.1 Å². The lowest BCUT2D eigenvalue weighted by Gasteiger charge is -2.29. The summed E-state index contributed by atoms with van der Waals surface area (Å²) in [6.07, 6.45) is 3.36. The topological polar surface area (TPSA) is 70.7 Å². The first-order chi connectivity index (χ1) is 16.1. The standard InChI is InChI=1S/C26H27N3O3S/c30-25(2-1-14-32-22-8-9-23-18(16-22)3-10-26(31)28-23)27-20-4-6-21(7-5-20)29-13-11-24-19(17-29)12-15-33-24/h4-9,12,15-16H,1-3,10-11,13-14,17H2,(H,27,30)(H,28,31). The van der Waals surface area contributed by atoms with Crippen molar-refractivity contribution in [2.75, 3.05) is 28.7 Å².